The van der Waals surface area contributed by atoms with Crippen molar-refractivity contribution in [1.29, 1.82) is 0 Å². The Morgan fingerprint density at radius 2 is 2.00 bits per heavy atom. The van der Waals surface area contributed by atoms with Gasteiger partial charge in [-0.25, -0.2) is 4.63 Å². The minimum atomic E-state index is -0.275. The first-order chi connectivity index (χ1) is 10.2. The second-order valence-corrected chi connectivity index (χ2v) is 4.12. The van der Waals surface area contributed by atoms with Crippen molar-refractivity contribution >= 4 is 17.7 Å². The molecule has 0 aliphatic heterocycles. The Labute approximate surface area is 118 Å². The molecule has 3 aromatic rings. The van der Waals surface area contributed by atoms with Crippen molar-refractivity contribution in [3.05, 3.63) is 35.9 Å². The second kappa shape index (κ2) is 5.41. The molecule has 9 heteroatoms. The van der Waals surface area contributed by atoms with Crippen LogP contribution in [0.25, 0.3) is 11.6 Å². The largest absolute Gasteiger partial charge is 0.401 e. The number of nitrogens with zero attached hydrogens (tertiary/aromatic N) is 4. The monoisotopic (exact) mass is 286 g/mol. The Bertz CT molecular complexity index is 751. The van der Waals surface area contributed by atoms with E-state index in [9.17, 15) is 4.79 Å². The summed E-state index contributed by atoms with van der Waals surface area (Å²) in [6, 6.07) is 9.23. The van der Waals surface area contributed by atoms with Crippen LogP contribution in [-0.4, -0.2) is 26.4 Å². The Hall–Kier alpha value is -3.23. The van der Waals surface area contributed by atoms with Gasteiger partial charge in [-0.2, -0.15) is 0 Å². The number of amides is 1. The van der Waals surface area contributed by atoms with Crippen molar-refractivity contribution in [2.45, 2.75) is 6.42 Å². The number of nitrogens with two attached hydrogens (primary N) is 1. The zero-order chi connectivity index (χ0) is 14.7. The van der Waals surface area contributed by atoms with Crippen molar-refractivity contribution in [2.75, 3.05) is 11.1 Å². The molecule has 3 rings (SSSR count). The molecule has 2 aromatic heterocycles. The number of rotatable bonds is 4. The minimum absolute atomic E-state index is 0.0174. The van der Waals surface area contributed by atoms with Gasteiger partial charge < -0.3 is 10.2 Å². The number of carbonyl (C=O) groups is 1. The van der Waals surface area contributed by atoms with Crippen molar-refractivity contribution in [3.8, 4) is 11.6 Å². The minimum Gasteiger partial charge on any atom is -0.401 e. The highest BCUT2D eigenvalue weighted by atomic mass is 16.6. The summed E-state index contributed by atoms with van der Waals surface area (Å²) in [4.78, 5) is 11.8. The van der Waals surface area contributed by atoms with E-state index in [1.165, 1.54) is 0 Å². The molecule has 0 saturated heterocycles. The van der Waals surface area contributed by atoms with Crippen LogP contribution in [0.1, 0.15) is 5.56 Å². The summed E-state index contributed by atoms with van der Waals surface area (Å²) < 4.78 is 9.65. The lowest BCUT2D eigenvalue weighted by atomic mass is 10.1. The van der Waals surface area contributed by atoms with Gasteiger partial charge in [0, 0.05) is 0 Å². The molecule has 106 valence electrons. The zero-order valence-corrected chi connectivity index (χ0v) is 10.7. The van der Waals surface area contributed by atoms with Crippen LogP contribution < -0.4 is 11.1 Å². The third-order valence-electron chi connectivity index (χ3n) is 2.60. The van der Waals surface area contributed by atoms with Crippen molar-refractivity contribution in [2.24, 2.45) is 0 Å². The summed E-state index contributed by atoms with van der Waals surface area (Å²) in [7, 11) is 0. The smallest absolute Gasteiger partial charge is 0.322 e. The van der Waals surface area contributed by atoms with E-state index in [0.717, 1.165) is 5.56 Å². The summed E-state index contributed by atoms with van der Waals surface area (Å²) >= 11 is 0. The first kappa shape index (κ1) is 12.8. The lowest BCUT2D eigenvalue weighted by Crippen LogP contribution is -2.14. The third kappa shape index (κ3) is 2.86. The molecule has 0 saturated carbocycles. The van der Waals surface area contributed by atoms with Gasteiger partial charge in [0.05, 0.1) is 6.42 Å². The highest BCUT2D eigenvalue weighted by molar-refractivity contribution is 5.90. The van der Waals surface area contributed by atoms with E-state index in [4.69, 9.17) is 10.2 Å². The van der Waals surface area contributed by atoms with E-state index < -0.39 is 0 Å². The molecule has 1 aromatic carbocycles. The first-order valence-corrected chi connectivity index (χ1v) is 5.98. The quantitative estimate of drug-likeness (QED) is 0.722. The number of nitrogens with one attached hydrogen (secondary N) is 1. The first-order valence-electron chi connectivity index (χ1n) is 5.98. The molecule has 9 nitrogen and oxygen atoms in total. The van der Waals surface area contributed by atoms with Gasteiger partial charge in [0.25, 0.3) is 5.89 Å². The number of benzene rings is 1. The molecule has 21 heavy (non-hydrogen) atoms. The van der Waals surface area contributed by atoms with Gasteiger partial charge >= 0.3 is 6.01 Å². The van der Waals surface area contributed by atoms with Crippen LogP contribution in [0.15, 0.2) is 39.4 Å². The molecule has 0 aliphatic carbocycles. The van der Waals surface area contributed by atoms with E-state index in [0.29, 0.717) is 0 Å². The second-order valence-electron chi connectivity index (χ2n) is 4.12. The summed E-state index contributed by atoms with van der Waals surface area (Å²) in [6.45, 7) is 0. The summed E-state index contributed by atoms with van der Waals surface area (Å²) in [5, 5.41) is 16.8. The fourth-order valence-corrected chi connectivity index (χ4v) is 1.66. The lowest BCUT2D eigenvalue weighted by molar-refractivity contribution is -0.115. The Morgan fingerprint density at radius 3 is 2.71 bits per heavy atom. The van der Waals surface area contributed by atoms with Crippen molar-refractivity contribution in [1.82, 2.24) is 20.5 Å². The molecule has 2 heterocycles. The zero-order valence-electron chi connectivity index (χ0n) is 10.7. The van der Waals surface area contributed by atoms with Crippen LogP contribution in [0.4, 0.5) is 11.8 Å². The molecular weight excluding hydrogens is 276 g/mol. The fraction of sp³-hybridized carbons (Fsp3) is 0.0833. The maximum atomic E-state index is 11.8. The number of hydrogen-bond acceptors (Lipinski definition) is 8. The maximum absolute atomic E-state index is 11.8. The van der Waals surface area contributed by atoms with E-state index >= 15 is 0 Å². The van der Waals surface area contributed by atoms with Gasteiger partial charge in [0.1, 0.15) is 0 Å². The van der Waals surface area contributed by atoms with Gasteiger partial charge in [0.15, 0.2) is 0 Å². The average Bonchev–Trinajstić information content (AvgIpc) is 3.08. The van der Waals surface area contributed by atoms with Crippen molar-refractivity contribution < 1.29 is 13.8 Å². The molecule has 0 radical (unpaired) electrons. The highest BCUT2D eigenvalue weighted by Crippen LogP contribution is 2.21. The van der Waals surface area contributed by atoms with E-state index in [1.54, 1.807) is 0 Å². The Kier molecular flexibility index (Phi) is 3.29. The Morgan fingerprint density at radius 1 is 1.19 bits per heavy atom. The summed E-state index contributed by atoms with van der Waals surface area (Å²) in [6.07, 6.45) is 0.201. The molecule has 0 bridgehead atoms. The molecule has 0 fully saturated rings. The van der Waals surface area contributed by atoms with E-state index in [2.05, 4.69) is 30.5 Å². The van der Waals surface area contributed by atoms with Gasteiger partial charge in [-0.15, -0.1) is 5.10 Å². The summed E-state index contributed by atoms with van der Waals surface area (Å²) in [5.74, 6) is -0.229. The predicted octanol–water partition coefficient (Wildman–Crippen LogP) is 0.883. The van der Waals surface area contributed by atoms with Crippen LogP contribution in [0.3, 0.4) is 0 Å². The maximum Gasteiger partial charge on any atom is 0.322 e. The molecule has 3 N–H and O–H groups in total. The highest BCUT2D eigenvalue weighted by Gasteiger charge is 2.17. The molecule has 1 amide bonds. The van der Waals surface area contributed by atoms with Crippen molar-refractivity contribution in [3.63, 3.8) is 0 Å². The van der Waals surface area contributed by atoms with Crippen LogP contribution in [0, 0.1) is 0 Å². The molecule has 0 aliphatic rings. The number of nitrogen functional groups attached to an aromatic ring is 1. The average molecular weight is 286 g/mol. The van der Waals surface area contributed by atoms with Crippen LogP contribution >= 0.6 is 0 Å². The third-order valence-corrected chi connectivity index (χ3v) is 2.60. The molecular formula is C12H10N6O3. The number of aromatic nitrogens is 4. The van der Waals surface area contributed by atoms with E-state index in [-0.39, 0.29) is 35.7 Å². The SMILES string of the molecule is Nc1nonc1-c1nnc(NC(=O)Cc2ccccc2)o1. The fourth-order valence-electron chi connectivity index (χ4n) is 1.66. The lowest BCUT2D eigenvalue weighted by Gasteiger charge is -2.00. The van der Waals surface area contributed by atoms with Gasteiger partial charge in [-0.3, -0.25) is 10.1 Å². The predicted molar refractivity (Wildman–Crippen MR) is 70.8 cm³/mol. The van der Waals surface area contributed by atoms with Crippen LogP contribution in [-0.2, 0) is 11.2 Å². The topological polar surface area (TPSA) is 133 Å². The molecule has 0 atom stereocenters. The van der Waals surface area contributed by atoms with Gasteiger partial charge in [-0.05, 0) is 15.9 Å². The Balaban J connectivity index is 1.67. The molecule has 0 unspecified atom stereocenters. The van der Waals surface area contributed by atoms with Crippen LogP contribution in [0.2, 0.25) is 0 Å². The van der Waals surface area contributed by atoms with Crippen LogP contribution in [0.5, 0.6) is 0 Å². The standard InChI is InChI=1S/C12H10N6O3/c13-10-9(17-21-18-10)11-15-16-12(20-11)14-8(19)6-7-4-2-1-3-5-7/h1-5H,6H2,(H2,13,18)(H,14,16,19). The number of anilines is 2. The van der Waals surface area contributed by atoms with E-state index in [1.807, 2.05) is 30.3 Å². The normalized spacial score (nSPS) is 10.5. The number of hydrogen-bond donors (Lipinski definition) is 2. The van der Waals surface area contributed by atoms with Gasteiger partial charge in [0.2, 0.25) is 17.4 Å². The molecule has 0 spiro atoms. The van der Waals surface area contributed by atoms with Gasteiger partial charge in [-0.1, -0.05) is 35.4 Å². The summed E-state index contributed by atoms with van der Waals surface area (Å²) in [5.41, 5.74) is 6.51. The number of carbonyl (C=O) groups excluding carboxylic acids is 1.